The van der Waals surface area contributed by atoms with Gasteiger partial charge in [0.2, 0.25) is 0 Å². The molecule has 110 valence electrons. The third kappa shape index (κ3) is 3.38. The minimum absolute atomic E-state index is 0.638. The van der Waals surface area contributed by atoms with Crippen LogP contribution in [-0.4, -0.2) is 5.11 Å². The molecule has 2 heteroatoms. The first kappa shape index (κ1) is 14.8. The number of hydrogen-bond acceptors (Lipinski definition) is 1. The van der Waals surface area contributed by atoms with E-state index >= 15 is 0 Å². The van der Waals surface area contributed by atoms with E-state index in [4.69, 9.17) is 0 Å². The zero-order chi connectivity index (χ0) is 14.9. The highest BCUT2D eigenvalue weighted by Crippen LogP contribution is 2.30. The fourth-order valence-electron chi connectivity index (χ4n) is 3.17. The van der Waals surface area contributed by atoms with E-state index in [1.807, 2.05) is 19.1 Å². The number of benzene rings is 2. The summed E-state index contributed by atoms with van der Waals surface area (Å²) >= 11 is 3.45. The van der Waals surface area contributed by atoms with Gasteiger partial charge in [0.05, 0.1) is 5.60 Å². The summed E-state index contributed by atoms with van der Waals surface area (Å²) < 4.78 is 1.07. The van der Waals surface area contributed by atoms with Crippen LogP contribution in [-0.2, 0) is 24.9 Å². The topological polar surface area (TPSA) is 20.2 Å². The number of fused-ring (bicyclic) bond motifs is 1. The van der Waals surface area contributed by atoms with Crippen LogP contribution in [0.25, 0.3) is 0 Å². The van der Waals surface area contributed by atoms with Crippen LogP contribution in [0.5, 0.6) is 0 Å². The number of halogens is 1. The van der Waals surface area contributed by atoms with Crippen molar-refractivity contribution in [3.05, 3.63) is 69.2 Å². The van der Waals surface area contributed by atoms with Gasteiger partial charge >= 0.3 is 0 Å². The zero-order valence-corrected chi connectivity index (χ0v) is 14.0. The van der Waals surface area contributed by atoms with Crippen LogP contribution in [0, 0.1) is 0 Å². The first-order valence-corrected chi connectivity index (χ1v) is 8.43. The van der Waals surface area contributed by atoms with Crippen molar-refractivity contribution in [2.75, 3.05) is 0 Å². The molecule has 3 rings (SSSR count). The summed E-state index contributed by atoms with van der Waals surface area (Å²) in [5, 5.41) is 10.9. The molecule has 1 N–H and O–H groups in total. The second-order valence-corrected chi connectivity index (χ2v) is 7.18. The summed E-state index contributed by atoms with van der Waals surface area (Å²) in [7, 11) is 0. The maximum atomic E-state index is 10.9. The third-order valence-corrected chi connectivity index (χ3v) is 4.96. The zero-order valence-electron chi connectivity index (χ0n) is 12.4. The molecule has 0 heterocycles. The molecule has 2 aromatic rings. The average molecular weight is 345 g/mol. The Morgan fingerprint density at radius 3 is 2.38 bits per heavy atom. The van der Waals surface area contributed by atoms with E-state index in [0.29, 0.717) is 6.42 Å². The molecule has 1 aliphatic rings. The van der Waals surface area contributed by atoms with Crippen LogP contribution in [0.3, 0.4) is 0 Å². The molecule has 0 radical (unpaired) electrons. The van der Waals surface area contributed by atoms with Crippen LogP contribution in [0.15, 0.2) is 46.9 Å². The van der Waals surface area contributed by atoms with Gasteiger partial charge in [-0.1, -0.05) is 46.3 Å². The van der Waals surface area contributed by atoms with Crippen molar-refractivity contribution in [1.29, 1.82) is 0 Å². The molecular formula is C19H21BrO. The summed E-state index contributed by atoms with van der Waals surface area (Å²) in [5.74, 6) is 0. The van der Waals surface area contributed by atoms with Crippen molar-refractivity contribution >= 4 is 15.9 Å². The van der Waals surface area contributed by atoms with Crippen LogP contribution >= 0.6 is 15.9 Å². The molecule has 0 amide bonds. The van der Waals surface area contributed by atoms with Crippen molar-refractivity contribution in [3.8, 4) is 0 Å². The lowest BCUT2D eigenvalue weighted by atomic mass is 9.84. The van der Waals surface area contributed by atoms with Gasteiger partial charge in [0, 0.05) is 10.9 Å². The fraction of sp³-hybridized carbons (Fsp3) is 0.368. The Morgan fingerprint density at radius 1 is 1.00 bits per heavy atom. The molecule has 1 unspecified atom stereocenters. The van der Waals surface area contributed by atoms with E-state index in [-0.39, 0.29) is 0 Å². The average Bonchev–Trinajstić information content (AvgIpc) is 2.49. The second kappa shape index (κ2) is 5.94. The highest BCUT2D eigenvalue weighted by molar-refractivity contribution is 9.10. The molecular weight excluding hydrogens is 324 g/mol. The van der Waals surface area contributed by atoms with Crippen molar-refractivity contribution < 1.29 is 5.11 Å². The second-order valence-electron chi connectivity index (χ2n) is 6.27. The van der Waals surface area contributed by atoms with Crippen molar-refractivity contribution in [2.45, 2.75) is 44.6 Å². The molecule has 0 aliphatic heterocycles. The number of rotatable bonds is 3. The molecule has 0 bridgehead atoms. The van der Waals surface area contributed by atoms with Gasteiger partial charge in [-0.05, 0) is 67.0 Å². The Hall–Kier alpha value is -1.12. The summed E-state index contributed by atoms with van der Waals surface area (Å²) in [6.07, 6.45) is 5.54. The lowest BCUT2D eigenvalue weighted by molar-refractivity contribution is 0.0575. The minimum Gasteiger partial charge on any atom is -0.385 e. The lowest BCUT2D eigenvalue weighted by Gasteiger charge is -2.26. The van der Waals surface area contributed by atoms with Gasteiger partial charge in [-0.15, -0.1) is 0 Å². The van der Waals surface area contributed by atoms with Crippen LogP contribution in [0.2, 0.25) is 0 Å². The molecule has 0 spiro atoms. The van der Waals surface area contributed by atoms with Crippen molar-refractivity contribution in [3.63, 3.8) is 0 Å². The van der Waals surface area contributed by atoms with E-state index in [2.05, 4.69) is 46.3 Å². The smallest absolute Gasteiger partial charge is 0.0908 e. The number of aliphatic hydroxyl groups is 1. The Kier molecular flexibility index (Phi) is 4.19. The Balaban J connectivity index is 1.85. The van der Waals surface area contributed by atoms with Gasteiger partial charge in [-0.3, -0.25) is 0 Å². The van der Waals surface area contributed by atoms with Gasteiger partial charge in [0.1, 0.15) is 0 Å². The Morgan fingerprint density at radius 2 is 1.67 bits per heavy atom. The maximum absolute atomic E-state index is 10.9. The summed E-state index contributed by atoms with van der Waals surface area (Å²) in [4.78, 5) is 0. The summed E-state index contributed by atoms with van der Waals surface area (Å²) in [6.45, 7) is 1.92. The van der Waals surface area contributed by atoms with Crippen LogP contribution in [0.4, 0.5) is 0 Å². The first-order valence-electron chi connectivity index (χ1n) is 7.64. The predicted octanol–water partition coefficient (Wildman–Crippen LogP) is 4.78. The Bertz CT molecular complexity index is 629. The van der Waals surface area contributed by atoms with E-state index in [9.17, 15) is 5.11 Å². The van der Waals surface area contributed by atoms with E-state index < -0.39 is 5.60 Å². The van der Waals surface area contributed by atoms with Crippen LogP contribution in [0.1, 0.15) is 42.0 Å². The molecule has 21 heavy (non-hydrogen) atoms. The normalized spacial score (nSPS) is 17.1. The number of aryl methyl sites for hydroxylation is 2. The van der Waals surface area contributed by atoms with Gasteiger partial charge in [0.25, 0.3) is 0 Å². The quantitative estimate of drug-likeness (QED) is 0.849. The monoisotopic (exact) mass is 344 g/mol. The standard InChI is InChI=1S/C19H21BrO/c1-19(21,13-14-6-10-18(20)11-7-14)17-9-8-15-4-2-3-5-16(15)12-17/h6-12,21H,2-5,13H2,1H3. The molecule has 1 nitrogen and oxygen atoms in total. The molecule has 0 saturated heterocycles. The minimum atomic E-state index is -0.819. The molecule has 0 saturated carbocycles. The lowest BCUT2D eigenvalue weighted by Crippen LogP contribution is -2.25. The maximum Gasteiger partial charge on any atom is 0.0908 e. The van der Waals surface area contributed by atoms with Gasteiger partial charge in [-0.2, -0.15) is 0 Å². The number of hydrogen-bond donors (Lipinski definition) is 1. The third-order valence-electron chi connectivity index (χ3n) is 4.43. The van der Waals surface area contributed by atoms with Gasteiger partial charge in [0.15, 0.2) is 0 Å². The van der Waals surface area contributed by atoms with Crippen LogP contribution < -0.4 is 0 Å². The largest absolute Gasteiger partial charge is 0.385 e. The summed E-state index contributed by atoms with van der Waals surface area (Å²) in [5.41, 5.74) is 4.26. The molecule has 0 fully saturated rings. The van der Waals surface area contributed by atoms with Gasteiger partial charge < -0.3 is 5.11 Å². The highest BCUT2D eigenvalue weighted by Gasteiger charge is 2.25. The fourth-order valence-corrected chi connectivity index (χ4v) is 3.43. The van der Waals surface area contributed by atoms with E-state index in [1.165, 1.54) is 30.4 Å². The summed E-state index contributed by atoms with van der Waals surface area (Å²) in [6, 6.07) is 14.7. The molecule has 1 aliphatic carbocycles. The Labute approximate surface area is 135 Å². The van der Waals surface area contributed by atoms with Crippen molar-refractivity contribution in [1.82, 2.24) is 0 Å². The molecule has 0 aromatic heterocycles. The van der Waals surface area contributed by atoms with E-state index in [1.54, 1.807) is 0 Å². The van der Waals surface area contributed by atoms with E-state index in [0.717, 1.165) is 22.0 Å². The molecule has 1 atom stereocenters. The van der Waals surface area contributed by atoms with Crippen molar-refractivity contribution in [2.24, 2.45) is 0 Å². The SMILES string of the molecule is CC(O)(Cc1ccc(Br)cc1)c1ccc2c(c1)CCCC2. The highest BCUT2D eigenvalue weighted by atomic mass is 79.9. The first-order chi connectivity index (χ1) is 10.0. The van der Waals surface area contributed by atoms with Gasteiger partial charge in [-0.25, -0.2) is 0 Å². The molecule has 2 aromatic carbocycles. The predicted molar refractivity (Wildman–Crippen MR) is 90.5 cm³/mol.